The van der Waals surface area contributed by atoms with E-state index in [0.29, 0.717) is 6.67 Å². The molecule has 30 valence electrons. The summed E-state index contributed by atoms with van der Waals surface area (Å²) in [6, 6.07) is 0. The van der Waals surface area contributed by atoms with Gasteiger partial charge in [0.2, 0.25) is 0 Å². The molecular formula is C2H6N2O. The van der Waals surface area contributed by atoms with Crippen molar-refractivity contribution >= 4 is 0 Å². The van der Waals surface area contributed by atoms with Crippen molar-refractivity contribution in [2.24, 2.45) is 5.73 Å². The van der Waals surface area contributed by atoms with Gasteiger partial charge in [0.25, 0.3) is 0 Å². The minimum atomic E-state index is 0.528. The van der Waals surface area contributed by atoms with Gasteiger partial charge in [0.05, 0.1) is 6.67 Å². The molecule has 0 aliphatic carbocycles. The fraction of sp³-hybridized carbons (Fsp3) is 1.00. The molecule has 0 amide bonds. The third-order valence-electron chi connectivity index (χ3n) is 0.515. The second-order valence-electron chi connectivity index (χ2n) is 0.923. The molecule has 1 aliphatic rings. The maximum atomic E-state index is 5.03. The number of hydrogen-bond donors (Lipinski definition) is 1. The van der Waals surface area contributed by atoms with Crippen LogP contribution in [0.3, 0.4) is 0 Å². The van der Waals surface area contributed by atoms with Crippen LogP contribution in [0.1, 0.15) is 0 Å². The van der Waals surface area contributed by atoms with Crippen molar-refractivity contribution in [1.82, 2.24) is 5.06 Å². The summed E-state index contributed by atoms with van der Waals surface area (Å²) >= 11 is 0. The van der Waals surface area contributed by atoms with E-state index in [9.17, 15) is 0 Å². The maximum absolute atomic E-state index is 5.03. The Hall–Kier alpha value is -0.120. The molecule has 1 atom stereocenters. The summed E-state index contributed by atoms with van der Waals surface area (Å²) in [6.45, 7) is 1.25. The van der Waals surface area contributed by atoms with Crippen molar-refractivity contribution in [2.45, 2.75) is 0 Å². The summed E-state index contributed by atoms with van der Waals surface area (Å²) in [6.07, 6.45) is 0. The van der Waals surface area contributed by atoms with Crippen LogP contribution in [0.2, 0.25) is 0 Å². The van der Waals surface area contributed by atoms with E-state index in [2.05, 4.69) is 4.84 Å². The Morgan fingerprint density at radius 3 is 2.60 bits per heavy atom. The van der Waals surface area contributed by atoms with E-state index in [0.717, 1.165) is 6.73 Å². The number of nitrogens with zero attached hydrogens (tertiary/aromatic N) is 1. The molecule has 1 unspecified atom stereocenters. The van der Waals surface area contributed by atoms with Gasteiger partial charge in [-0.25, -0.2) is 0 Å². The van der Waals surface area contributed by atoms with Crippen molar-refractivity contribution in [3.63, 3.8) is 0 Å². The van der Waals surface area contributed by atoms with Gasteiger partial charge < -0.3 is 5.73 Å². The fourth-order valence-corrected chi connectivity index (χ4v) is 0.146. The normalized spacial score (nSPS) is 34.2. The monoisotopic (exact) mass is 74.0 g/mol. The van der Waals surface area contributed by atoms with E-state index >= 15 is 0 Å². The molecule has 2 N–H and O–H groups in total. The quantitative estimate of drug-likeness (QED) is 0.410. The summed E-state index contributed by atoms with van der Waals surface area (Å²) in [4.78, 5) is 4.57. The van der Waals surface area contributed by atoms with Gasteiger partial charge in [0.1, 0.15) is 6.73 Å². The first-order valence-electron chi connectivity index (χ1n) is 1.51. The van der Waals surface area contributed by atoms with E-state index in [1.807, 2.05) is 0 Å². The van der Waals surface area contributed by atoms with Gasteiger partial charge in [0, 0.05) is 0 Å². The molecule has 1 saturated heterocycles. The Kier molecular flexibility index (Phi) is 0.574. The van der Waals surface area contributed by atoms with Crippen molar-refractivity contribution in [3.8, 4) is 0 Å². The minimum Gasteiger partial charge on any atom is -0.316 e. The van der Waals surface area contributed by atoms with Crippen molar-refractivity contribution in [2.75, 3.05) is 13.4 Å². The second-order valence-corrected chi connectivity index (χ2v) is 0.923. The summed E-state index contributed by atoms with van der Waals surface area (Å²) in [5, 5.41) is 1.65. The van der Waals surface area contributed by atoms with Crippen LogP contribution >= 0.6 is 0 Å². The molecule has 1 aliphatic heterocycles. The number of hydroxylamine groups is 2. The Balaban J connectivity index is 2.00. The molecule has 1 rings (SSSR count). The zero-order valence-corrected chi connectivity index (χ0v) is 2.85. The van der Waals surface area contributed by atoms with Crippen molar-refractivity contribution < 1.29 is 4.84 Å². The molecule has 5 heavy (non-hydrogen) atoms. The smallest absolute Gasteiger partial charge is 0.145 e. The van der Waals surface area contributed by atoms with Gasteiger partial charge in [-0.15, -0.1) is 5.06 Å². The van der Waals surface area contributed by atoms with Crippen LogP contribution in [0.25, 0.3) is 0 Å². The topological polar surface area (TPSA) is 41.6 Å². The Morgan fingerprint density at radius 1 is 2.00 bits per heavy atom. The molecule has 0 radical (unpaired) electrons. The Bertz CT molecular complexity index is 34.6. The second kappa shape index (κ2) is 0.931. The fourth-order valence-electron chi connectivity index (χ4n) is 0.146. The van der Waals surface area contributed by atoms with Crippen LogP contribution in [0.15, 0.2) is 0 Å². The van der Waals surface area contributed by atoms with E-state index in [-0.39, 0.29) is 0 Å². The summed E-state index contributed by atoms with van der Waals surface area (Å²) in [5.74, 6) is 0. The molecule has 0 saturated carbocycles. The zero-order chi connectivity index (χ0) is 3.70. The first-order chi connectivity index (χ1) is 2.43. The number of nitrogens with two attached hydrogens (primary N) is 1. The van der Waals surface area contributed by atoms with Crippen LogP contribution in [-0.2, 0) is 4.84 Å². The maximum Gasteiger partial charge on any atom is 0.145 e. The minimum absolute atomic E-state index is 0.528. The summed E-state index contributed by atoms with van der Waals surface area (Å²) in [7, 11) is 0. The third-order valence-corrected chi connectivity index (χ3v) is 0.515. The standard InChI is InChI=1S/C2H6N2O/c3-1-4-2-5-4/h1-3H2. The lowest BCUT2D eigenvalue weighted by molar-refractivity contribution is 0.205. The lowest BCUT2D eigenvalue weighted by atomic mass is 11.1. The van der Waals surface area contributed by atoms with Gasteiger partial charge >= 0.3 is 0 Å². The lowest BCUT2D eigenvalue weighted by Gasteiger charge is -1.77. The highest BCUT2D eigenvalue weighted by Crippen LogP contribution is 1.99. The van der Waals surface area contributed by atoms with E-state index in [1.165, 1.54) is 0 Å². The van der Waals surface area contributed by atoms with E-state index < -0.39 is 0 Å². The average Bonchev–Trinajstić information content (AvgIpc) is 2.12. The lowest BCUT2D eigenvalue weighted by Crippen LogP contribution is -2.08. The van der Waals surface area contributed by atoms with Crippen LogP contribution in [0.5, 0.6) is 0 Å². The largest absolute Gasteiger partial charge is 0.316 e. The predicted molar refractivity (Wildman–Crippen MR) is 16.8 cm³/mol. The van der Waals surface area contributed by atoms with Crippen LogP contribution in [0.4, 0.5) is 0 Å². The first kappa shape index (κ1) is 3.08. The van der Waals surface area contributed by atoms with Gasteiger partial charge in [-0.05, 0) is 0 Å². The highest BCUT2D eigenvalue weighted by Gasteiger charge is 2.14. The molecule has 1 fully saturated rings. The van der Waals surface area contributed by atoms with Crippen LogP contribution in [-0.4, -0.2) is 18.5 Å². The SMILES string of the molecule is NCN1CO1. The van der Waals surface area contributed by atoms with Crippen LogP contribution in [0, 0.1) is 0 Å². The van der Waals surface area contributed by atoms with Crippen molar-refractivity contribution in [1.29, 1.82) is 0 Å². The molecule has 1 heterocycles. The molecule has 3 heteroatoms. The third kappa shape index (κ3) is 0.576. The van der Waals surface area contributed by atoms with Gasteiger partial charge in [-0.2, -0.15) is 0 Å². The van der Waals surface area contributed by atoms with Gasteiger partial charge in [0.15, 0.2) is 0 Å². The molecule has 0 aromatic rings. The first-order valence-corrected chi connectivity index (χ1v) is 1.51. The molecular weight excluding hydrogens is 68.0 g/mol. The molecule has 0 spiro atoms. The highest BCUT2D eigenvalue weighted by atomic mass is 16.8. The zero-order valence-electron chi connectivity index (χ0n) is 2.85. The predicted octanol–water partition coefficient (Wildman–Crippen LogP) is -0.893. The number of hydrogen-bond acceptors (Lipinski definition) is 3. The van der Waals surface area contributed by atoms with Gasteiger partial charge in [-0.3, -0.25) is 4.84 Å². The van der Waals surface area contributed by atoms with Gasteiger partial charge in [-0.1, -0.05) is 0 Å². The highest BCUT2D eigenvalue weighted by molar-refractivity contribution is 4.35. The van der Waals surface area contributed by atoms with Crippen molar-refractivity contribution in [3.05, 3.63) is 0 Å². The Labute approximate surface area is 30.3 Å². The molecule has 3 nitrogen and oxygen atoms in total. The summed E-state index contributed by atoms with van der Waals surface area (Å²) < 4.78 is 0. The van der Waals surface area contributed by atoms with E-state index in [4.69, 9.17) is 5.73 Å². The summed E-state index contributed by atoms with van der Waals surface area (Å²) in [5.41, 5.74) is 5.03. The number of rotatable bonds is 1. The van der Waals surface area contributed by atoms with E-state index in [1.54, 1.807) is 5.06 Å². The Morgan fingerprint density at radius 2 is 2.60 bits per heavy atom. The molecule has 0 bridgehead atoms. The average molecular weight is 74.1 g/mol. The van der Waals surface area contributed by atoms with Crippen LogP contribution < -0.4 is 5.73 Å². The molecule has 0 aromatic heterocycles. The molecule has 0 aromatic carbocycles.